The Morgan fingerprint density at radius 1 is 1.22 bits per heavy atom. The number of nitrogens with one attached hydrogen (secondary N) is 1. The fourth-order valence-corrected chi connectivity index (χ4v) is 4.45. The molecule has 10 heteroatoms. The number of halogens is 3. The molecule has 1 saturated heterocycles. The largest absolute Gasteiger partial charge is 0.452 e. The number of esters is 1. The third kappa shape index (κ3) is 4.73. The molecule has 0 aromatic heterocycles. The lowest BCUT2D eigenvalue weighted by molar-refractivity contribution is -0.124. The normalized spacial score (nSPS) is 19.3. The maximum absolute atomic E-state index is 12.0. The molecule has 126 valence electrons. The molecule has 2 rings (SSSR count). The number of rotatable bonds is 4. The van der Waals surface area contributed by atoms with Crippen LogP contribution in [0, 0.1) is 0 Å². The molecule has 1 aromatic rings. The number of hydrogen-bond acceptors (Lipinski definition) is 5. The molecule has 1 heterocycles. The quantitative estimate of drug-likeness (QED) is 0.617. The van der Waals surface area contributed by atoms with Crippen LogP contribution in [0.15, 0.2) is 12.1 Å². The second-order valence-corrected chi connectivity index (χ2v) is 8.38. The van der Waals surface area contributed by atoms with E-state index in [1.54, 1.807) is 0 Å². The van der Waals surface area contributed by atoms with Crippen molar-refractivity contribution in [2.24, 2.45) is 0 Å². The summed E-state index contributed by atoms with van der Waals surface area (Å²) in [6.45, 7) is -0.575. The standard InChI is InChI=1S/C13H12Cl3NO5S/c14-8-1-2-9(15)12(16)11(8)13(19)22-5-10(18)17-7-3-4-23(20,21)6-7/h1-2,7H,3-6H2,(H,17,18)/t7-/m1/s1. The highest BCUT2D eigenvalue weighted by molar-refractivity contribution is 7.91. The molecule has 0 radical (unpaired) electrons. The first-order valence-corrected chi connectivity index (χ1v) is 9.45. The van der Waals surface area contributed by atoms with Gasteiger partial charge in [-0.2, -0.15) is 0 Å². The molecule has 1 aromatic carbocycles. The lowest BCUT2D eigenvalue weighted by atomic mass is 10.2. The topological polar surface area (TPSA) is 89.5 Å². The van der Waals surface area contributed by atoms with E-state index in [9.17, 15) is 18.0 Å². The van der Waals surface area contributed by atoms with Gasteiger partial charge in [-0.05, 0) is 18.6 Å². The minimum Gasteiger partial charge on any atom is -0.452 e. The third-order valence-electron chi connectivity index (χ3n) is 3.18. The van der Waals surface area contributed by atoms with Gasteiger partial charge in [0.2, 0.25) is 0 Å². The highest BCUT2D eigenvalue weighted by Gasteiger charge is 2.29. The van der Waals surface area contributed by atoms with E-state index in [-0.39, 0.29) is 32.1 Å². The number of ether oxygens (including phenoxy) is 1. The zero-order chi connectivity index (χ0) is 17.2. The van der Waals surface area contributed by atoms with Crippen LogP contribution in [0.25, 0.3) is 0 Å². The first-order chi connectivity index (χ1) is 10.7. The smallest absolute Gasteiger partial charge is 0.341 e. The van der Waals surface area contributed by atoms with E-state index in [0.717, 1.165) is 0 Å². The van der Waals surface area contributed by atoms with E-state index >= 15 is 0 Å². The van der Waals surface area contributed by atoms with E-state index in [0.29, 0.717) is 6.42 Å². The Morgan fingerprint density at radius 3 is 2.48 bits per heavy atom. The Bertz CT molecular complexity index is 750. The molecule has 1 aliphatic heterocycles. The summed E-state index contributed by atoms with van der Waals surface area (Å²) in [5.41, 5.74) is -0.128. The molecule has 0 bridgehead atoms. The Labute approximate surface area is 148 Å². The van der Waals surface area contributed by atoms with Crippen LogP contribution in [0.5, 0.6) is 0 Å². The average molecular weight is 401 g/mol. The van der Waals surface area contributed by atoms with Crippen molar-refractivity contribution in [1.82, 2.24) is 5.32 Å². The molecule has 1 fully saturated rings. The zero-order valence-electron chi connectivity index (χ0n) is 11.6. The van der Waals surface area contributed by atoms with Gasteiger partial charge in [0.1, 0.15) is 0 Å². The van der Waals surface area contributed by atoms with Gasteiger partial charge in [-0.25, -0.2) is 13.2 Å². The summed E-state index contributed by atoms with van der Waals surface area (Å²) in [4.78, 5) is 23.7. The molecule has 23 heavy (non-hydrogen) atoms. The molecule has 1 aliphatic rings. The number of hydrogen-bond donors (Lipinski definition) is 1. The van der Waals surface area contributed by atoms with Crippen LogP contribution in [-0.4, -0.2) is 44.4 Å². The number of carbonyl (C=O) groups excluding carboxylic acids is 2. The van der Waals surface area contributed by atoms with Crippen LogP contribution in [-0.2, 0) is 19.4 Å². The second kappa shape index (κ2) is 7.25. The number of sulfone groups is 1. The van der Waals surface area contributed by atoms with E-state index in [1.807, 2.05) is 0 Å². The molecule has 6 nitrogen and oxygen atoms in total. The highest BCUT2D eigenvalue weighted by Crippen LogP contribution is 2.31. The van der Waals surface area contributed by atoms with Crippen molar-refractivity contribution in [3.8, 4) is 0 Å². The second-order valence-electron chi connectivity index (χ2n) is 4.96. The molecule has 1 atom stereocenters. The molecule has 1 N–H and O–H groups in total. The fourth-order valence-electron chi connectivity index (χ4n) is 2.10. The highest BCUT2D eigenvalue weighted by atomic mass is 35.5. The first-order valence-electron chi connectivity index (χ1n) is 6.50. The summed E-state index contributed by atoms with van der Waals surface area (Å²) in [5, 5.41) is 2.61. The maximum atomic E-state index is 12.0. The van der Waals surface area contributed by atoms with Crippen LogP contribution in [0.3, 0.4) is 0 Å². The predicted octanol–water partition coefficient (Wildman–Crippen LogP) is 2.11. The third-order valence-corrected chi connectivity index (χ3v) is 6.07. The Kier molecular flexibility index (Phi) is 5.78. The molecular weight excluding hydrogens is 389 g/mol. The maximum Gasteiger partial charge on any atom is 0.341 e. The van der Waals surface area contributed by atoms with Crippen LogP contribution in [0.4, 0.5) is 0 Å². The lowest BCUT2D eigenvalue weighted by Gasteiger charge is -2.12. The summed E-state index contributed by atoms with van der Waals surface area (Å²) in [7, 11) is -3.10. The Hall–Kier alpha value is -1.02. The average Bonchev–Trinajstić information content (AvgIpc) is 2.80. The molecule has 0 unspecified atom stereocenters. The van der Waals surface area contributed by atoms with Gasteiger partial charge in [0.05, 0.1) is 32.1 Å². The van der Waals surface area contributed by atoms with E-state index in [4.69, 9.17) is 39.5 Å². The summed E-state index contributed by atoms with van der Waals surface area (Å²) in [5.74, 6) is -1.57. The van der Waals surface area contributed by atoms with E-state index in [2.05, 4.69) is 5.32 Å². The molecule has 0 aliphatic carbocycles. The van der Waals surface area contributed by atoms with Crippen molar-refractivity contribution in [2.45, 2.75) is 12.5 Å². The first kappa shape index (κ1) is 18.3. The van der Waals surface area contributed by atoms with Crippen LogP contribution in [0.2, 0.25) is 15.1 Å². The summed E-state index contributed by atoms with van der Waals surface area (Å²) >= 11 is 17.6. The molecule has 0 saturated carbocycles. The van der Waals surface area contributed by atoms with Crippen LogP contribution < -0.4 is 5.32 Å². The van der Waals surface area contributed by atoms with Gasteiger partial charge in [0.25, 0.3) is 5.91 Å². The van der Waals surface area contributed by atoms with Crippen molar-refractivity contribution in [3.05, 3.63) is 32.8 Å². The molecule has 1 amide bonds. The van der Waals surface area contributed by atoms with Gasteiger partial charge in [-0.15, -0.1) is 0 Å². The number of amides is 1. The lowest BCUT2D eigenvalue weighted by Crippen LogP contribution is -2.38. The van der Waals surface area contributed by atoms with Gasteiger partial charge in [0, 0.05) is 6.04 Å². The van der Waals surface area contributed by atoms with Crippen molar-refractivity contribution in [2.75, 3.05) is 18.1 Å². The van der Waals surface area contributed by atoms with E-state index in [1.165, 1.54) is 12.1 Å². The minimum atomic E-state index is -3.10. The summed E-state index contributed by atoms with van der Waals surface area (Å²) in [6.07, 6.45) is 0.341. The van der Waals surface area contributed by atoms with Crippen molar-refractivity contribution >= 4 is 56.5 Å². The van der Waals surface area contributed by atoms with Crippen LogP contribution >= 0.6 is 34.8 Å². The van der Waals surface area contributed by atoms with Gasteiger partial charge in [-0.1, -0.05) is 34.8 Å². The number of carbonyl (C=O) groups is 2. The minimum absolute atomic E-state index is 0.0332. The van der Waals surface area contributed by atoms with E-state index < -0.39 is 34.4 Å². The van der Waals surface area contributed by atoms with Crippen LogP contribution in [0.1, 0.15) is 16.8 Å². The predicted molar refractivity (Wildman–Crippen MR) is 87.0 cm³/mol. The van der Waals surface area contributed by atoms with Gasteiger partial charge < -0.3 is 10.1 Å². The van der Waals surface area contributed by atoms with Crippen molar-refractivity contribution < 1.29 is 22.7 Å². The fraction of sp³-hybridized carbons (Fsp3) is 0.385. The molecule has 0 spiro atoms. The molecular formula is C13H12Cl3NO5S. The Balaban J connectivity index is 1.92. The van der Waals surface area contributed by atoms with Crippen molar-refractivity contribution in [1.29, 1.82) is 0 Å². The van der Waals surface area contributed by atoms with Crippen molar-refractivity contribution in [3.63, 3.8) is 0 Å². The number of benzene rings is 1. The Morgan fingerprint density at radius 2 is 1.87 bits per heavy atom. The monoisotopic (exact) mass is 399 g/mol. The summed E-state index contributed by atoms with van der Waals surface area (Å²) < 4.78 is 27.4. The van der Waals surface area contributed by atoms with Gasteiger partial charge >= 0.3 is 5.97 Å². The SMILES string of the molecule is O=C(COC(=O)c1c(Cl)ccc(Cl)c1Cl)N[C@@H]1CCS(=O)(=O)C1. The van der Waals surface area contributed by atoms with Gasteiger partial charge in [-0.3, -0.25) is 4.79 Å². The summed E-state index contributed by atoms with van der Waals surface area (Å²) in [6, 6.07) is 2.34. The zero-order valence-corrected chi connectivity index (χ0v) is 14.7. The van der Waals surface area contributed by atoms with Gasteiger partial charge in [0.15, 0.2) is 16.4 Å².